The van der Waals surface area contributed by atoms with E-state index in [4.69, 9.17) is 26.4 Å². The SMILES string of the molecule is CCc1c[nH]c(=S)n1-c1ccc(N2CCN(c3cccc(OCC4COC(Cn5cncn5)(c5ccccc5)O4)c3)CC2)cc1. The molecule has 10 nitrogen and oxygen atoms in total. The van der Waals surface area contributed by atoms with Crippen molar-refractivity contribution in [2.75, 3.05) is 49.2 Å². The first-order valence-corrected chi connectivity index (χ1v) is 15.8. The van der Waals surface area contributed by atoms with Crippen molar-refractivity contribution in [2.45, 2.75) is 31.8 Å². The van der Waals surface area contributed by atoms with Gasteiger partial charge in [0.2, 0.25) is 5.79 Å². The van der Waals surface area contributed by atoms with Gasteiger partial charge in [0.15, 0.2) is 4.77 Å². The van der Waals surface area contributed by atoms with Crippen molar-refractivity contribution in [3.63, 3.8) is 0 Å². The summed E-state index contributed by atoms with van der Waals surface area (Å²) in [6.45, 7) is 7.08. The zero-order chi connectivity index (χ0) is 30.6. The summed E-state index contributed by atoms with van der Waals surface area (Å²) in [4.78, 5) is 12.1. The fourth-order valence-electron chi connectivity index (χ4n) is 6.13. The Bertz CT molecular complexity index is 1750. The number of nitrogens with zero attached hydrogens (tertiary/aromatic N) is 6. The molecule has 0 radical (unpaired) electrons. The van der Waals surface area contributed by atoms with Gasteiger partial charge in [-0.1, -0.05) is 43.3 Å². The van der Waals surface area contributed by atoms with Gasteiger partial charge in [-0.3, -0.25) is 4.57 Å². The fraction of sp³-hybridized carbons (Fsp3) is 0.324. The van der Waals surface area contributed by atoms with Gasteiger partial charge in [0.05, 0.1) is 6.61 Å². The number of piperazine rings is 1. The summed E-state index contributed by atoms with van der Waals surface area (Å²) in [6, 6.07) is 27.0. The summed E-state index contributed by atoms with van der Waals surface area (Å²) in [7, 11) is 0. The summed E-state index contributed by atoms with van der Waals surface area (Å²) in [5.41, 5.74) is 5.60. The Kier molecular flexibility index (Phi) is 8.38. The lowest BCUT2D eigenvalue weighted by molar-refractivity contribution is -0.190. The molecule has 2 atom stereocenters. The van der Waals surface area contributed by atoms with Gasteiger partial charge in [0.1, 0.15) is 37.7 Å². The first-order valence-electron chi connectivity index (χ1n) is 15.4. The second-order valence-corrected chi connectivity index (χ2v) is 11.7. The minimum absolute atomic E-state index is 0.228. The molecule has 0 amide bonds. The van der Waals surface area contributed by atoms with E-state index in [-0.39, 0.29) is 6.10 Å². The quantitative estimate of drug-likeness (QED) is 0.208. The molecule has 2 fully saturated rings. The summed E-state index contributed by atoms with van der Waals surface area (Å²) in [5.74, 6) is -0.129. The number of hydrogen-bond donors (Lipinski definition) is 1. The van der Waals surface area contributed by atoms with Crippen LogP contribution in [0.1, 0.15) is 18.2 Å². The third kappa shape index (κ3) is 6.24. The zero-order valence-corrected chi connectivity index (χ0v) is 26.1. The van der Waals surface area contributed by atoms with E-state index >= 15 is 0 Å². The van der Waals surface area contributed by atoms with E-state index in [1.165, 1.54) is 17.7 Å². The van der Waals surface area contributed by atoms with Crippen LogP contribution in [0.15, 0.2) is 97.7 Å². The smallest absolute Gasteiger partial charge is 0.215 e. The maximum atomic E-state index is 6.52. The highest BCUT2D eigenvalue weighted by atomic mass is 32.1. The second-order valence-electron chi connectivity index (χ2n) is 11.3. The number of ether oxygens (including phenoxy) is 3. The van der Waals surface area contributed by atoms with E-state index in [2.05, 4.69) is 78.8 Å². The number of aromatic amines is 1. The van der Waals surface area contributed by atoms with Gasteiger partial charge < -0.3 is 29.0 Å². The molecule has 0 aliphatic carbocycles. The Hall–Kier alpha value is -4.45. The van der Waals surface area contributed by atoms with E-state index in [1.807, 2.05) is 42.6 Å². The molecule has 45 heavy (non-hydrogen) atoms. The Balaban J connectivity index is 0.952. The van der Waals surface area contributed by atoms with E-state index < -0.39 is 5.79 Å². The van der Waals surface area contributed by atoms with Crippen molar-refractivity contribution < 1.29 is 14.2 Å². The number of imidazole rings is 1. The monoisotopic (exact) mass is 623 g/mol. The van der Waals surface area contributed by atoms with Crippen LogP contribution in [-0.2, 0) is 28.2 Å². The standard InChI is InChI=1S/C34H37N7O3S/c1-2-27-20-36-33(45)41(27)29-13-11-28(12-14-29)38-15-17-39(18-16-38)30-9-6-10-31(19-30)42-21-32-22-43-34(44-32,23-40-25-35-24-37-40)26-7-4-3-5-8-26/h3-14,19-20,24-25,32H,2,15-18,21-23H2,1H3,(H,36,45). The molecule has 0 spiro atoms. The minimum atomic E-state index is -0.946. The van der Waals surface area contributed by atoms with E-state index in [0.717, 1.165) is 60.1 Å². The van der Waals surface area contributed by atoms with Crippen LogP contribution in [-0.4, -0.2) is 69.8 Å². The zero-order valence-electron chi connectivity index (χ0n) is 25.3. The first-order chi connectivity index (χ1) is 22.1. The summed E-state index contributed by atoms with van der Waals surface area (Å²) in [5, 5.41) is 4.27. The number of benzene rings is 3. The van der Waals surface area contributed by atoms with Gasteiger partial charge in [0.25, 0.3) is 0 Å². The molecule has 0 saturated carbocycles. The highest BCUT2D eigenvalue weighted by Crippen LogP contribution is 2.36. The Morgan fingerprint density at radius 2 is 1.69 bits per heavy atom. The molecule has 2 aromatic heterocycles. The van der Waals surface area contributed by atoms with Crippen LogP contribution in [0.5, 0.6) is 5.75 Å². The van der Waals surface area contributed by atoms with Crippen molar-refractivity contribution in [1.29, 1.82) is 0 Å². The summed E-state index contributed by atoms with van der Waals surface area (Å²) >= 11 is 5.50. The second kappa shape index (κ2) is 12.9. The van der Waals surface area contributed by atoms with Crippen LogP contribution in [0.3, 0.4) is 0 Å². The number of aromatic nitrogens is 5. The third-order valence-corrected chi connectivity index (χ3v) is 8.80. The number of anilines is 2. The summed E-state index contributed by atoms with van der Waals surface area (Å²) < 4.78 is 23.6. The lowest BCUT2D eigenvalue weighted by Crippen LogP contribution is -2.46. The molecule has 5 aromatic rings. The van der Waals surface area contributed by atoms with Gasteiger partial charge in [0, 0.05) is 66.8 Å². The molecule has 7 rings (SSSR count). The number of aryl methyl sites for hydroxylation is 1. The topological polar surface area (TPSA) is 85.6 Å². The van der Waals surface area contributed by atoms with Crippen LogP contribution < -0.4 is 14.5 Å². The Morgan fingerprint density at radius 1 is 0.933 bits per heavy atom. The van der Waals surface area contributed by atoms with Crippen molar-refractivity contribution in [3.05, 3.63) is 114 Å². The lowest BCUT2D eigenvalue weighted by Gasteiger charge is -2.37. The molecule has 2 aliphatic heterocycles. The van der Waals surface area contributed by atoms with Crippen LogP contribution in [0, 0.1) is 4.77 Å². The van der Waals surface area contributed by atoms with E-state index in [1.54, 1.807) is 11.0 Å². The molecule has 11 heteroatoms. The van der Waals surface area contributed by atoms with Gasteiger partial charge in [-0.05, 0) is 55.0 Å². The predicted octanol–water partition coefficient (Wildman–Crippen LogP) is 5.36. The largest absolute Gasteiger partial charge is 0.491 e. The molecular formula is C34H37N7O3S. The van der Waals surface area contributed by atoms with Crippen LogP contribution >= 0.6 is 12.2 Å². The highest BCUT2D eigenvalue weighted by Gasteiger charge is 2.44. The Labute approximate surface area is 267 Å². The number of hydrogen-bond acceptors (Lipinski definition) is 8. The van der Waals surface area contributed by atoms with Crippen LogP contribution in [0.25, 0.3) is 5.69 Å². The third-order valence-electron chi connectivity index (χ3n) is 8.50. The van der Waals surface area contributed by atoms with Gasteiger partial charge in [-0.2, -0.15) is 5.10 Å². The maximum absolute atomic E-state index is 6.52. The molecular weight excluding hydrogens is 586 g/mol. The van der Waals surface area contributed by atoms with E-state index in [9.17, 15) is 0 Å². The molecule has 2 aliphatic rings. The van der Waals surface area contributed by atoms with Crippen LogP contribution in [0.4, 0.5) is 11.4 Å². The lowest BCUT2D eigenvalue weighted by atomic mass is 10.1. The molecule has 1 N–H and O–H groups in total. The average molecular weight is 624 g/mol. The van der Waals surface area contributed by atoms with Gasteiger partial charge >= 0.3 is 0 Å². The summed E-state index contributed by atoms with van der Waals surface area (Å²) in [6.07, 6.45) is 5.87. The molecule has 232 valence electrons. The van der Waals surface area contributed by atoms with E-state index in [0.29, 0.717) is 19.8 Å². The van der Waals surface area contributed by atoms with Crippen molar-refractivity contribution in [2.24, 2.45) is 0 Å². The van der Waals surface area contributed by atoms with Crippen molar-refractivity contribution in [3.8, 4) is 11.4 Å². The normalized spacial score (nSPS) is 20.1. The van der Waals surface area contributed by atoms with Gasteiger partial charge in [-0.25, -0.2) is 9.67 Å². The first kappa shape index (κ1) is 29.3. The molecule has 0 bridgehead atoms. The fourth-order valence-corrected chi connectivity index (χ4v) is 6.42. The van der Waals surface area contributed by atoms with Crippen molar-refractivity contribution >= 4 is 23.6 Å². The molecule has 2 unspecified atom stereocenters. The Morgan fingerprint density at radius 3 is 2.42 bits per heavy atom. The predicted molar refractivity (Wildman–Crippen MR) is 176 cm³/mol. The number of rotatable bonds is 10. The minimum Gasteiger partial charge on any atom is -0.491 e. The molecule has 2 saturated heterocycles. The number of nitrogens with one attached hydrogen (secondary N) is 1. The average Bonchev–Trinajstić information content (AvgIpc) is 3.85. The van der Waals surface area contributed by atoms with Crippen molar-refractivity contribution in [1.82, 2.24) is 24.3 Å². The van der Waals surface area contributed by atoms with Crippen LogP contribution in [0.2, 0.25) is 0 Å². The highest BCUT2D eigenvalue weighted by molar-refractivity contribution is 7.71. The van der Waals surface area contributed by atoms with Gasteiger partial charge in [-0.15, -0.1) is 0 Å². The molecule has 3 aromatic carbocycles. The number of H-pyrrole nitrogens is 1. The molecule has 4 heterocycles. The maximum Gasteiger partial charge on any atom is 0.215 e.